The second-order valence-electron chi connectivity index (χ2n) is 3.06. The van der Waals surface area contributed by atoms with Crippen molar-refractivity contribution in [3.05, 3.63) is 12.4 Å². The zero-order valence-electron chi connectivity index (χ0n) is 8.40. The second kappa shape index (κ2) is 4.87. The normalized spacial score (nSPS) is 10.4. The van der Waals surface area contributed by atoms with Crippen LogP contribution in [0.4, 0.5) is 5.95 Å². The number of anilines is 1. The molecule has 0 bridgehead atoms. The predicted molar refractivity (Wildman–Crippen MR) is 54.8 cm³/mol. The quantitative estimate of drug-likeness (QED) is 0.725. The molecular weight excluding hydrogens is 164 g/mol. The van der Waals surface area contributed by atoms with Gasteiger partial charge in [-0.05, 0) is 19.9 Å². The van der Waals surface area contributed by atoms with Crippen LogP contribution < -0.4 is 10.6 Å². The molecule has 0 saturated heterocycles. The Morgan fingerprint density at radius 2 is 2.38 bits per heavy atom. The lowest BCUT2D eigenvalue weighted by atomic mass is 10.4. The van der Waals surface area contributed by atoms with Crippen LogP contribution in [0.1, 0.15) is 13.3 Å². The maximum atomic E-state index is 5.47. The summed E-state index contributed by atoms with van der Waals surface area (Å²) in [7, 11) is 2.01. The van der Waals surface area contributed by atoms with E-state index in [0.29, 0.717) is 0 Å². The van der Waals surface area contributed by atoms with Crippen LogP contribution in [-0.2, 0) is 7.05 Å². The monoisotopic (exact) mass is 182 g/mol. The maximum Gasteiger partial charge on any atom is 0.205 e. The molecule has 74 valence electrons. The van der Waals surface area contributed by atoms with E-state index in [1.54, 1.807) is 0 Å². The number of hydrogen-bond donors (Lipinski definition) is 1. The highest BCUT2D eigenvalue weighted by molar-refractivity contribution is 5.30. The molecule has 0 aliphatic rings. The van der Waals surface area contributed by atoms with Crippen molar-refractivity contribution in [2.24, 2.45) is 12.8 Å². The molecular formula is C9H18N4. The Balaban J connectivity index is 2.61. The van der Waals surface area contributed by atoms with E-state index in [1.807, 2.05) is 24.0 Å². The van der Waals surface area contributed by atoms with Crippen molar-refractivity contribution in [1.82, 2.24) is 9.55 Å². The van der Waals surface area contributed by atoms with Crippen molar-refractivity contribution >= 4 is 5.95 Å². The van der Waals surface area contributed by atoms with Crippen LogP contribution in [0, 0.1) is 0 Å². The van der Waals surface area contributed by atoms with Gasteiger partial charge in [0.15, 0.2) is 0 Å². The fourth-order valence-electron chi connectivity index (χ4n) is 1.34. The molecule has 1 aromatic rings. The first-order valence-electron chi connectivity index (χ1n) is 4.72. The van der Waals surface area contributed by atoms with Crippen LogP contribution in [-0.4, -0.2) is 29.2 Å². The highest BCUT2D eigenvalue weighted by Gasteiger charge is 2.07. The molecule has 13 heavy (non-hydrogen) atoms. The minimum Gasteiger partial charge on any atom is -0.342 e. The molecule has 0 aromatic carbocycles. The molecule has 0 saturated carbocycles. The van der Waals surface area contributed by atoms with E-state index >= 15 is 0 Å². The summed E-state index contributed by atoms with van der Waals surface area (Å²) in [5.74, 6) is 1.02. The third-order valence-corrected chi connectivity index (χ3v) is 2.09. The smallest absolute Gasteiger partial charge is 0.205 e. The van der Waals surface area contributed by atoms with Gasteiger partial charge >= 0.3 is 0 Å². The number of aromatic nitrogens is 2. The highest BCUT2D eigenvalue weighted by Crippen LogP contribution is 2.09. The van der Waals surface area contributed by atoms with Crippen LogP contribution in [0.2, 0.25) is 0 Å². The third kappa shape index (κ3) is 2.45. The van der Waals surface area contributed by atoms with Crippen molar-refractivity contribution in [2.75, 3.05) is 24.5 Å². The molecule has 0 unspecified atom stereocenters. The molecule has 0 radical (unpaired) electrons. The summed E-state index contributed by atoms with van der Waals surface area (Å²) in [6.07, 6.45) is 4.79. The zero-order chi connectivity index (χ0) is 9.68. The van der Waals surface area contributed by atoms with Gasteiger partial charge in [0.1, 0.15) is 0 Å². The summed E-state index contributed by atoms with van der Waals surface area (Å²) in [6.45, 7) is 4.83. The van der Waals surface area contributed by atoms with Gasteiger partial charge in [-0.2, -0.15) is 0 Å². The first kappa shape index (κ1) is 10.1. The largest absolute Gasteiger partial charge is 0.342 e. The van der Waals surface area contributed by atoms with E-state index in [-0.39, 0.29) is 0 Å². The van der Waals surface area contributed by atoms with Crippen molar-refractivity contribution in [2.45, 2.75) is 13.3 Å². The Kier molecular flexibility index (Phi) is 3.76. The number of imidazole rings is 1. The Morgan fingerprint density at radius 1 is 1.62 bits per heavy atom. The van der Waals surface area contributed by atoms with Crippen molar-refractivity contribution in [1.29, 1.82) is 0 Å². The number of hydrogen-bond acceptors (Lipinski definition) is 3. The van der Waals surface area contributed by atoms with E-state index in [2.05, 4.69) is 16.8 Å². The summed E-state index contributed by atoms with van der Waals surface area (Å²) in [4.78, 5) is 6.52. The molecule has 1 heterocycles. The van der Waals surface area contributed by atoms with Crippen LogP contribution in [0.15, 0.2) is 12.4 Å². The van der Waals surface area contributed by atoms with Gasteiger partial charge in [-0.1, -0.05) is 0 Å². The molecule has 4 heteroatoms. The Labute approximate surface area is 79.4 Å². The Bertz CT molecular complexity index is 244. The van der Waals surface area contributed by atoms with Crippen LogP contribution >= 0.6 is 0 Å². The maximum absolute atomic E-state index is 5.47. The molecule has 0 aliphatic heterocycles. The van der Waals surface area contributed by atoms with Gasteiger partial charge in [0, 0.05) is 32.5 Å². The molecule has 1 rings (SSSR count). The summed E-state index contributed by atoms with van der Waals surface area (Å²) in [5, 5.41) is 0. The van der Waals surface area contributed by atoms with Crippen molar-refractivity contribution in [3.63, 3.8) is 0 Å². The summed E-state index contributed by atoms with van der Waals surface area (Å²) < 4.78 is 2.03. The predicted octanol–water partition coefficient (Wildman–Crippen LogP) is 0.595. The third-order valence-electron chi connectivity index (χ3n) is 2.09. The lowest BCUT2D eigenvalue weighted by Crippen LogP contribution is -2.28. The molecule has 0 amide bonds. The SMILES string of the molecule is CCN(CCCN)c1nccn1C. The van der Waals surface area contributed by atoms with Crippen LogP contribution in [0.25, 0.3) is 0 Å². The lowest BCUT2D eigenvalue weighted by Gasteiger charge is -2.21. The minimum absolute atomic E-state index is 0.737. The first-order valence-corrected chi connectivity index (χ1v) is 4.72. The van der Waals surface area contributed by atoms with E-state index in [0.717, 1.165) is 32.0 Å². The molecule has 0 fully saturated rings. The second-order valence-corrected chi connectivity index (χ2v) is 3.06. The average Bonchev–Trinajstić information content (AvgIpc) is 2.54. The number of rotatable bonds is 5. The number of nitrogens with zero attached hydrogens (tertiary/aromatic N) is 3. The molecule has 0 aliphatic carbocycles. The molecule has 2 N–H and O–H groups in total. The van der Waals surface area contributed by atoms with E-state index < -0.39 is 0 Å². The van der Waals surface area contributed by atoms with Gasteiger partial charge in [0.2, 0.25) is 5.95 Å². The highest BCUT2D eigenvalue weighted by atomic mass is 15.3. The van der Waals surface area contributed by atoms with E-state index in [4.69, 9.17) is 5.73 Å². The van der Waals surface area contributed by atoms with Crippen molar-refractivity contribution in [3.8, 4) is 0 Å². The van der Waals surface area contributed by atoms with Gasteiger partial charge in [-0.25, -0.2) is 4.98 Å². The molecule has 0 spiro atoms. The number of nitrogens with two attached hydrogens (primary N) is 1. The van der Waals surface area contributed by atoms with Gasteiger partial charge in [-0.15, -0.1) is 0 Å². The molecule has 4 nitrogen and oxygen atoms in total. The van der Waals surface area contributed by atoms with E-state index in [9.17, 15) is 0 Å². The van der Waals surface area contributed by atoms with Gasteiger partial charge in [0.05, 0.1) is 0 Å². The number of aryl methyl sites for hydroxylation is 1. The van der Waals surface area contributed by atoms with Gasteiger partial charge < -0.3 is 15.2 Å². The summed E-state index contributed by atoms with van der Waals surface area (Å²) >= 11 is 0. The van der Waals surface area contributed by atoms with Gasteiger partial charge in [-0.3, -0.25) is 0 Å². The summed E-state index contributed by atoms with van der Waals surface area (Å²) in [5.41, 5.74) is 5.47. The standard InChI is InChI=1S/C9H18N4/c1-3-13(7-4-5-10)9-11-6-8-12(9)2/h6,8H,3-5,7,10H2,1-2H3. The summed E-state index contributed by atoms with van der Waals surface area (Å²) in [6, 6.07) is 0. The average molecular weight is 182 g/mol. The van der Waals surface area contributed by atoms with Crippen molar-refractivity contribution < 1.29 is 0 Å². The van der Waals surface area contributed by atoms with Crippen LogP contribution in [0.5, 0.6) is 0 Å². The lowest BCUT2D eigenvalue weighted by molar-refractivity contribution is 0.713. The topological polar surface area (TPSA) is 47.1 Å². The molecule has 0 atom stereocenters. The first-order chi connectivity index (χ1) is 6.29. The fraction of sp³-hybridized carbons (Fsp3) is 0.667. The van der Waals surface area contributed by atoms with E-state index in [1.165, 1.54) is 0 Å². The fourth-order valence-corrected chi connectivity index (χ4v) is 1.34. The Hall–Kier alpha value is -1.03. The minimum atomic E-state index is 0.737. The van der Waals surface area contributed by atoms with Crippen LogP contribution in [0.3, 0.4) is 0 Å². The zero-order valence-corrected chi connectivity index (χ0v) is 8.40. The van der Waals surface area contributed by atoms with Gasteiger partial charge in [0.25, 0.3) is 0 Å². The Morgan fingerprint density at radius 3 is 2.85 bits per heavy atom. The molecule has 1 aromatic heterocycles.